The maximum absolute atomic E-state index is 10.5. The molecule has 3 N–H and O–H groups in total. The lowest BCUT2D eigenvalue weighted by atomic mass is 10.1. The number of halogens is 2. The molecule has 0 radical (unpaired) electrons. The first kappa shape index (κ1) is 12.1. The summed E-state index contributed by atoms with van der Waals surface area (Å²) in [5, 5.41) is 8.59. The van der Waals surface area contributed by atoms with Gasteiger partial charge in [-0.2, -0.15) is 0 Å². The number of hydrogen-bond acceptors (Lipinski definition) is 3. The zero-order valence-electron chi connectivity index (χ0n) is 6.38. The molecule has 12 heavy (non-hydrogen) atoms. The van der Waals surface area contributed by atoms with Gasteiger partial charge in [-0.3, -0.25) is 4.79 Å². The van der Waals surface area contributed by atoms with Crippen molar-refractivity contribution in [3.63, 3.8) is 0 Å². The van der Waals surface area contributed by atoms with E-state index in [2.05, 4.69) is 0 Å². The number of aliphatic carboxylic acids is 1. The van der Waals surface area contributed by atoms with Crippen molar-refractivity contribution in [1.82, 2.24) is 0 Å². The molecule has 1 atom stereocenters. The van der Waals surface area contributed by atoms with Crippen LogP contribution < -0.4 is 5.73 Å². The average molecular weight is 230 g/mol. The van der Waals surface area contributed by atoms with Crippen LogP contribution in [0.1, 0.15) is 6.92 Å². The minimum atomic E-state index is -1.27. The molecule has 3 nitrogen and oxygen atoms in total. The second-order valence-electron chi connectivity index (χ2n) is 2.42. The van der Waals surface area contributed by atoms with E-state index in [-0.39, 0.29) is 5.75 Å². The molecule has 0 amide bonds. The van der Waals surface area contributed by atoms with Crippen molar-refractivity contribution in [3.8, 4) is 0 Å². The molecule has 0 aliphatic rings. The van der Waals surface area contributed by atoms with Gasteiger partial charge in [0.25, 0.3) is 0 Å². The smallest absolute Gasteiger partial charge is 0.324 e. The minimum Gasteiger partial charge on any atom is -0.480 e. The molecule has 6 heteroatoms. The third-order valence-corrected chi connectivity index (χ3v) is 3.12. The van der Waals surface area contributed by atoms with E-state index < -0.39 is 11.5 Å². The number of nitrogens with two attached hydrogens (primary N) is 1. The van der Waals surface area contributed by atoms with Crippen LogP contribution in [0.3, 0.4) is 0 Å². The Bertz CT molecular complexity index is 206. The van der Waals surface area contributed by atoms with Gasteiger partial charge in [0.1, 0.15) is 5.54 Å². The number of hydrogen-bond donors (Lipinski definition) is 2. The van der Waals surface area contributed by atoms with Crippen molar-refractivity contribution >= 4 is 40.9 Å². The highest BCUT2D eigenvalue weighted by atomic mass is 35.5. The van der Waals surface area contributed by atoms with Crippen LogP contribution in [-0.2, 0) is 4.79 Å². The van der Waals surface area contributed by atoms with Gasteiger partial charge in [-0.15, -0.1) is 11.8 Å². The molecule has 0 saturated carbocycles. The molecule has 0 bridgehead atoms. The van der Waals surface area contributed by atoms with Gasteiger partial charge in [0.05, 0.1) is 4.36 Å². The van der Waals surface area contributed by atoms with Crippen LogP contribution in [0.15, 0.2) is 9.90 Å². The number of carboxylic acid groups (broad SMARTS) is 1. The van der Waals surface area contributed by atoms with Gasteiger partial charge in [0.15, 0.2) is 0 Å². The third-order valence-electron chi connectivity index (χ3n) is 1.08. The monoisotopic (exact) mass is 229 g/mol. The first-order chi connectivity index (χ1) is 5.40. The van der Waals surface area contributed by atoms with Crippen molar-refractivity contribution in [3.05, 3.63) is 9.90 Å². The van der Waals surface area contributed by atoms with Gasteiger partial charge in [0, 0.05) is 11.3 Å². The van der Waals surface area contributed by atoms with E-state index in [4.69, 9.17) is 34.0 Å². The van der Waals surface area contributed by atoms with Crippen LogP contribution in [-0.4, -0.2) is 22.4 Å². The molecule has 0 aliphatic heterocycles. The normalized spacial score (nSPS) is 17.2. The Labute approximate surface area is 84.9 Å². The quantitative estimate of drug-likeness (QED) is 0.772. The summed E-state index contributed by atoms with van der Waals surface area (Å²) in [7, 11) is 0. The van der Waals surface area contributed by atoms with Crippen molar-refractivity contribution < 1.29 is 9.90 Å². The topological polar surface area (TPSA) is 63.3 Å². The lowest BCUT2D eigenvalue weighted by Crippen LogP contribution is -2.47. The molecule has 0 spiro atoms. The fourth-order valence-electron chi connectivity index (χ4n) is 0.312. The third kappa shape index (κ3) is 4.21. The summed E-state index contributed by atoms with van der Waals surface area (Å²) in [5.74, 6) is -0.876. The molecule has 0 aromatic rings. The molecule has 0 aliphatic carbocycles. The van der Waals surface area contributed by atoms with Gasteiger partial charge in [-0.05, 0) is 6.92 Å². The van der Waals surface area contributed by atoms with Gasteiger partial charge in [-0.25, -0.2) is 0 Å². The second-order valence-corrected chi connectivity index (χ2v) is 4.29. The summed E-state index contributed by atoms with van der Waals surface area (Å²) in [6.07, 6.45) is 0. The van der Waals surface area contributed by atoms with Crippen molar-refractivity contribution in [2.75, 3.05) is 5.75 Å². The molecule has 0 fully saturated rings. The Hall–Kier alpha value is 0.1000. The lowest BCUT2D eigenvalue weighted by Gasteiger charge is -2.17. The van der Waals surface area contributed by atoms with Gasteiger partial charge in [0.2, 0.25) is 0 Å². The number of carbonyl (C=O) groups is 1. The van der Waals surface area contributed by atoms with Crippen LogP contribution >= 0.6 is 35.0 Å². The molecule has 0 heterocycles. The summed E-state index contributed by atoms with van der Waals surface area (Å²) in [5.41, 5.74) is 5.31. The average Bonchev–Trinajstić information content (AvgIpc) is 2.00. The SMILES string of the molecule is CC(N)(CSC(Cl)=CCl)C(=O)O. The molecule has 0 rings (SSSR count). The highest BCUT2D eigenvalue weighted by Crippen LogP contribution is 2.23. The summed E-state index contributed by atoms with van der Waals surface area (Å²) >= 11 is 11.9. The second kappa shape index (κ2) is 4.97. The molecule has 0 saturated heterocycles. The Balaban J connectivity index is 4.01. The molecule has 0 aromatic carbocycles. The van der Waals surface area contributed by atoms with Crippen molar-refractivity contribution in [2.45, 2.75) is 12.5 Å². The van der Waals surface area contributed by atoms with E-state index in [0.717, 1.165) is 11.8 Å². The zero-order valence-corrected chi connectivity index (χ0v) is 8.71. The van der Waals surface area contributed by atoms with Crippen molar-refractivity contribution in [1.29, 1.82) is 0 Å². The number of thioether (sulfide) groups is 1. The van der Waals surface area contributed by atoms with Crippen LogP contribution in [0.25, 0.3) is 0 Å². The van der Waals surface area contributed by atoms with Gasteiger partial charge >= 0.3 is 5.97 Å². The number of rotatable bonds is 4. The summed E-state index contributed by atoms with van der Waals surface area (Å²) in [6, 6.07) is 0. The van der Waals surface area contributed by atoms with Crippen LogP contribution in [0.5, 0.6) is 0 Å². The molecular formula is C6H9Cl2NO2S. The summed E-state index contributed by atoms with van der Waals surface area (Å²) in [4.78, 5) is 10.5. The fraction of sp³-hybridized carbons (Fsp3) is 0.500. The molecule has 70 valence electrons. The van der Waals surface area contributed by atoms with Crippen LogP contribution in [0.4, 0.5) is 0 Å². The first-order valence-electron chi connectivity index (χ1n) is 3.01. The highest BCUT2D eigenvalue weighted by molar-refractivity contribution is 8.04. The van der Waals surface area contributed by atoms with Gasteiger partial charge < -0.3 is 10.8 Å². The first-order valence-corrected chi connectivity index (χ1v) is 4.81. The number of carboxylic acids is 1. The predicted octanol–water partition coefficient (Wildman–Crippen LogP) is 1.80. The summed E-state index contributed by atoms with van der Waals surface area (Å²) in [6.45, 7) is 1.42. The van der Waals surface area contributed by atoms with E-state index in [9.17, 15) is 4.79 Å². The fourth-order valence-corrected chi connectivity index (χ4v) is 1.29. The van der Waals surface area contributed by atoms with E-state index in [0.29, 0.717) is 4.36 Å². The van der Waals surface area contributed by atoms with Crippen LogP contribution in [0.2, 0.25) is 0 Å². The highest BCUT2D eigenvalue weighted by Gasteiger charge is 2.27. The molecule has 1 unspecified atom stereocenters. The van der Waals surface area contributed by atoms with E-state index >= 15 is 0 Å². The van der Waals surface area contributed by atoms with Crippen molar-refractivity contribution in [2.24, 2.45) is 5.73 Å². The van der Waals surface area contributed by atoms with Gasteiger partial charge in [-0.1, -0.05) is 23.2 Å². The maximum atomic E-state index is 10.5. The van der Waals surface area contributed by atoms with E-state index in [1.165, 1.54) is 12.5 Å². The van der Waals surface area contributed by atoms with E-state index in [1.807, 2.05) is 0 Å². The molecule has 0 aromatic heterocycles. The molecular weight excluding hydrogens is 221 g/mol. The zero-order chi connectivity index (χ0) is 9.78. The predicted molar refractivity (Wildman–Crippen MR) is 52.5 cm³/mol. The largest absolute Gasteiger partial charge is 0.480 e. The Kier molecular flexibility index (Phi) is 5.01. The lowest BCUT2D eigenvalue weighted by molar-refractivity contribution is -0.141. The summed E-state index contributed by atoms with van der Waals surface area (Å²) < 4.78 is 0.328. The Morgan fingerprint density at radius 1 is 1.83 bits per heavy atom. The van der Waals surface area contributed by atoms with E-state index in [1.54, 1.807) is 0 Å². The maximum Gasteiger partial charge on any atom is 0.324 e. The standard InChI is InChI=1S/C6H9Cl2NO2S/c1-6(9,5(10)11)3-12-4(8)2-7/h2H,3,9H2,1H3,(H,10,11). The minimum absolute atomic E-state index is 0.185. The Morgan fingerprint density at radius 3 is 2.67 bits per heavy atom. The Morgan fingerprint density at radius 2 is 2.33 bits per heavy atom. The van der Waals surface area contributed by atoms with Crippen LogP contribution in [0, 0.1) is 0 Å².